The van der Waals surface area contributed by atoms with Crippen molar-refractivity contribution in [3.8, 4) is 0 Å². The van der Waals surface area contributed by atoms with Gasteiger partial charge in [-0.05, 0) is 49.6 Å². The van der Waals surface area contributed by atoms with Crippen molar-refractivity contribution in [2.24, 2.45) is 0 Å². The molecule has 0 fully saturated rings. The summed E-state index contributed by atoms with van der Waals surface area (Å²) in [5.74, 6) is -0.0983. The van der Waals surface area contributed by atoms with Gasteiger partial charge in [-0.1, -0.05) is 18.2 Å². The summed E-state index contributed by atoms with van der Waals surface area (Å²) in [6.45, 7) is 6.14. The van der Waals surface area contributed by atoms with Crippen molar-refractivity contribution in [1.29, 1.82) is 0 Å². The summed E-state index contributed by atoms with van der Waals surface area (Å²) in [5.41, 5.74) is 4.19. The van der Waals surface area contributed by atoms with Crippen LogP contribution in [0.1, 0.15) is 40.0 Å². The molecule has 0 aliphatic carbocycles. The molecular weight excluding hydrogens is 236 g/mol. The molecule has 1 heterocycles. The third-order valence-corrected chi connectivity index (χ3v) is 3.30. The molecule has 1 unspecified atom stereocenters. The zero-order valence-corrected chi connectivity index (χ0v) is 11.5. The van der Waals surface area contributed by atoms with Gasteiger partial charge in [-0.3, -0.25) is 9.78 Å². The van der Waals surface area contributed by atoms with Crippen LogP contribution in [0.15, 0.2) is 42.7 Å². The lowest BCUT2D eigenvalue weighted by atomic mass is 10.0. The van der Waals surface area contributed by atoms with Crippen LogP contribution >= 0.6 is 0 Å². The monoisotopic (exact) mass is 254 g/mol. The summed E-state index contributed by atoms with van der Waals surface area (Å²) >= 11 is 0. The van der Waals surface area contributed by atoms with E-state index >= 15 is 0 Å². The van der Waals surface area contributed by atoms with Gasteiger partial charge >= 0.3 is 0 Å². The average molecular weight is 254 g/mol. The van der Waals surface area contributed by atoms with E-state index in [1.54, 1.807) is 24.5 Å². The highest BCUT2D eigenvalue weighted by Crippen LogP contribution is 2.17. The minimum atomic E-state index is -0.0983. The first kappa shape index (κ1) is 13.3. The number of nitrogens with zero attached hydrogens (tertiary/aromatic N) is 1. The molecular formula is C16H18N2O. The highest BCUT2D eigenvalue weighted by molar-refractivity contribution is 5.94. The Morgan fingerprint density at radius 2 is 2.00 bits per heavy atom. The van der Waals surface area contributed by atoms with E-state index in [2.05, 4.69) is 42.3 Å². The molecule has 0 aliphatic heterocycles. The molecule has 3 nitrogen and oxygen atoms in total. The van der Waals surface area contributed by atoms with Crippen LogP contribution in [-0.2, 0) is 0 Å². The van der Waals surface area contributed by atoms with Crippen molar-refractivity contribution < 1.29 is 4.79 Å². The SMILES string of the molecule is Cc1ccc(C(C)NC(=O)c2cccnc2)cc1C. The van der Waals surface area contributed by atoms with Gasteiger partial charge in [-0.2, -0.15) is 0 Å². The Bertz CT molecular complexity index is 579. The second-order valence-corrected chi connectivity index (χ2v) is 4.78. The molecule has 0 bridgehead atoms. The van der Waals surface area contributed by atoms with Crippen molar-refractivity contribution in [1.82, 2.24) is 10.3 Å². The fourth-order valence-electron chi connectivity index (χ4n) is 1.89. The van der Waals surface area contributed by atoms with E-state index in [1.165, 1.54) is 11.1 Å². The lowest BCUT2D eigenvalue weighted by Crippen LogP contribution is -2.26. The fourth-order valence-corrected chi connectivity index (χ4v) is 1.89. The van der Waals surface area contributed by atoms with Crippen molar-refractivity contribution in [2.75, 3.05) is 0 Å². The summed E-state index contributed by atoms with van der Waals surface area (Å²) in [6, 6.07) is 9.75. The molecule has 2 rings (SSSR count). The topological polar surface area (TPSA) is 42.0 Å². The summed E-state index contributed by atoms with van der Waals surface area (Å²) in [4.78, 5) is 16.0. The molecule has 1 amide bonds. The minimum absolute atomic E-state index is 0.0213. The fraction of sp³-hybridized carbons (Fsp3) is 0.250. The van der Waals surface area contributed by atoms with Crippen molar-refractivity contribution >= 4 is 5.91 Å². The van der Waals surface area contributed by atoms with Crippen LogP contribution in [0.3, 0.4) is 0 Å². The standard InChI is InChI=1S/C16H18N2O/c1-11-6-7-14(9-12(11)2)13(3)18-16(19)15-5-4-8-17-10-15/h4-10,13H,1-3H3,(H,18,19). The summed E-state index contributed by atoms with van der Waals surface area (Å²) < 4.78 is 0. The third-order valence-electron chi connectivity index (χ3n) is 3.30. The van der Waals surface area contributed by atoms with Crippen LogP contribution in [0.2, 0.25) is 0 Å². The highest BCUT2D eigenvalue weighted by atomic mass is 16.1. The van der Waals surface area contributed by atoms with Gasteiger partial charge in [0.15, 0.2) is 0 Å². The van der Waals surface area contributed by atoms with Crippen LogP contribution in [-0.4, -0.2) is 10.9 Å². The number of rotatable bonds is 3. The van der Waals surface area contributed by atoms with Gasteiger partial charge in [-0.15, -0.1) is 0 Å². The minimum Gasteiger partial charge on any atom is -0.345 e. The molecule has 1 atom stereocenters. The number of amides is 1. The van der Waals surface area contributed by atoms with Crippen LogP contribution in [0.4, 0.5) is 0 Å². The number of hydrogen-bond donors (Lipinski definition) is 1. The summed E-state index contributed by atoms with van der Waals surface area (Å²) in [5, 5.41) is 2.98. The van der Waals surface area contributed by atoms with Gasteiger partial charge in [0, 0.05) is 12.4 Å². The lowest BCUT2D eigenvalue weighted by molar-refractivity contribution is 0.0939. The Kier molecular flexibility index (Phi) is 3.95. The third kappa shape index (κ3) is 3.19. The predicted octanol–water partition coefficient (Wildman–Crippen LogP) is 3.19. The van der Waals surface area contributed by atoms with E-state index in [0.29, 0.717) is 5.56 Å². The molecule has 1 aromatic heterocycles. The quantitative estimate of drug-likeness (QED) is 0.914. The largest absolute Gasteiger partial charge is 0.345 e. The number of hydrogen-bond acceptors (Lipinski definition) is 2. The normalized spacial score (nSPS) is 11.9. The van der Waals surface area contributed by atoms with Crippen LogP contribution in [0, 0.1) is 13.8 Å². The molecule has 1 N–H and O–H groups in total. The first-order valence-electron chi connectivity index (χ1n) is 6.36. The average Bonchev–Trinajstić information content (AvgIpc) is 2.42. The number of carbonyl (C=O) groups excluding carboxylic acids is 1. The van der Waals surface area contributed by atoms with E-state index < -0.39 is 0 Å². The van der Waals surface area contributed by atoms with Gasteiger partial charge in [0.1, 0.15) is 0 Å². The predicted molar refractivity (Wildman–Crippen MR) is 76.0 cm³/mol. The first-order chi connectivity index (χ1) is 9.08. The van der Waals surface area contributed by atoms with Crippen molar-refractivity contribution in [3.05, 3.63) is 65.0 Å². The van der Waals surface area contributed by atoms with E-state index in [0.717, 1.165) is 5.56 Å². The molecule has 98 valence electrons. The lowest BCUT2D eigenvalue weighted by Gasteiger charge is -2.15. The van der Waals surface area contributed by atoms with Gasteiger partial charge in [0.2, 0.25) is 0 Å². The zero-order valence-electron chi connectivity index (χ0n) is 11.5. The molecule has 2 aromatic rings. The van der Waals surface area contributed by atoms with Gasteiger partial charge in [-0.25, -0.2) is 0 Å². The first-order valence-corrected chi connectivity index (χ1v) is 6.36. The van der Waals surface area contributed by atoms with Crippen LogP contribution in [0.5, 0.6) is 0 Å². The van der Waals surface area contributed by atoms with E-state index in [-0.39, 0.29) is 11.9 Å². The molecule has 0 radical (unpaired) electrons. The number of nitrogens with one attached hydrogen (secondary N) is 1. The van der Waals surface area contributed by atoms with Gasteiger partial charge < -0.3 is 5.32 Å². The molecule has 0 saturated carbocycles. The van der Waals surface area contributed by atoms with Crippen LogP contribution < -0.4 is 5.32 Å². The van der Waals surface area contributed by atoms with E-state index in [4.69, 9.17) is 0 Å². The molecule has 0 spiro atoms. The maximum absolute atomic E-state index is 12.0. The number of aromatic nitrogens is 1. The second kappa shape index (κ2) is 5.65. The zero-order chi connectivity index (χ0) is 13.8. The van der Waals surface area contributed by atoms with E-state index in [9.17, 15) is 4.79 Å². The maximum Gasteiger partial charge on any atom is 0.253 e. The Morgan fingerprint density at radius 1 is 1.21 bits per heavy atom. The highest BCUT2D eigenvalue weighted by Gasteiger charge is 2.11. The molecule has 0 aliphatic rings. The number of benzene rings is 1. The molecule has 1 aromatic carbocycles. The second-order valence-electron chi connectivity index (χ2n) is 4.78. The summed E-state index contributed by atoms with van der Waals surface area (Å²) in [6.07, 6.45) is 3.23. The van der Waals surface area contributed by atoms with Gasteiger partial charge in [0.05, 0.1) is 11.6 Å². The maximum atomic E-state index is 12.0. The molecule has 19 heavy (non-hydrogen) atoms. The van der Waals surface area contributed by atoms with Crippen LogP contribution in [0.25, 0.3) is 0 Å². The Labute approximate surface area is 113 Å². The Morgan fingerprint density at radius 3 is 2.63 bits per heavy atom. The van der Waals surface area contributed by atoms with Crippen molar-refractivity contribution in [3.63, 3.8) is 0 Å². The molecule has 3 heteroatoms. The Hall–Kier alpha value is -2.16. The smallest absolute Gasteiger partial charge is 0.253 e. The molecule has 0 saturated heterocycles. The number of pyridine rings is 1. The van der Waals surface area contributed by atoms with E-state index in [1.807, 2.05) is 6.92 Å². The van der Waals surface area contributed by atoms with Crippen molar-refractivity contribution in [2.45, 2.75) is 26.8 Å². The summed E-state index contributed by atoms with van der Waals surface area (Å²) in [7, 11) is 0. The van der Waals surface area contributed by atoms with Gasteiger partial charge in [0.25, 0.3) is 5.91 Å². The Balaban J connectivity index is 2.10. The number of carbonyl (C=O) groups is 1. The number of aryl methyl sites for hydroxylation is 2.